The van der Waals surface area contributed by atoms with E-state index in [2.05, 4.69) is 10.0 Å². The molecule has 4 rings (SSSR count). The molecule has 34 heavy (non-hydrogen) atoms. The van der Waals surface area contributed by atoms with Crippen LogP contribution in [0.15, 0.2) is 63.7 Å². The van der Waals surface area contributed by atoms with E-state index in [1.807, 2.05) is 30.5 Å². The van der Waals surface area contributed by atoms with Gasteiger partial charge in [0.15, 0.2) is 0 Å². The van der Waals surface area contributed by atoms with E-state index in [4.69, 9.17) is 4.74 Å². The Labute approximate surface area is 204 Å². The zero-order valence-corrected chi connectivity index (χ0v) is 20.9. The zero-order chi connectivity index (χ0) is 24.6. The van der Waals surface area contributed by atoms with Gasteiger partial charge in [0.25, 0.3) is 10.0 Å². The van der Waals surface area contributed by atoms with Crippen molar-refractivity contribution < 1.29 is 26.3 Å². The van der Waals surface area contributed by atoms with Gasteiger partial charge in [-0.15, -0.1) is 23.1 Å². The van der Waals surface area contributed by atoms with E-state index in [0.29, 0.717) is 19.5 Å². The maximum absolute atomic E-state index is 13.6. The van der Waals surface area contributed by atoms with E-state index < -0.39 is 33.1 Å². The van der Waals surface area contributed by atoms with Crippen molar-refractivity contribution >= 4 is 38.8 Å². The Balaban J connectivity index is 1.60. The molecule has 2 N–H and O–H groups in total. The van der Waals surface area contributed by atoms with Gasteiger partial charge in [-0.2, -0.15) is 13.2 Å². The number of alkyl halides is 3. The molecule has 3 aromatic rings. The van der Waals surface area contributed by atoms with E-state index >= 15 is 0 Å². The second-order valence-electron chi connectivity index (χ2n) is 8.14. The fourth-order valence-electron chi connectivity index (χ4n) is 3.63. The molecule has 2 heterocycles. The third kappa shape index (κ3) is 5.54. The van der Waals surface area contributed by atoms with Gasteiger partial charge in [-0.25, -0.2) is 8.42 Å². The highest BCUT2D eigenvalue weighted by molar-refractivity contribution is 7.98. The maximum atomic E-state index is 13.6. The SMILES string of the molecule is CSc1ccc(-c2ccc(S(=O)(=O)Nc3ccc(C(F)(F)F)c(O[C@]4(C)CCNC4)c3)s2)cc1. The lowest BCUT2D eigenvalue weighted by atomic mass is 10.1. The minimum Gasteiger partial charge on any atom is -0.485 e. The highest BCUT2D eigenvalue weighted by Crippen LogP contribution is 2.40. The normalized spacial score (nSPS) is 18.7. The minimum atomic E-state index is -4.64. The average molecular weight is 529 g/mol. The Morgan fingerprint density at radius 1 is 1.12 bits per heavy atom. The van der Waals surface area contributed by atoms with Crippen LogP contribution in [0.2, 0.25) is 0 Å². The zero-order valence-electron chi connectivity index (χ0n) is 18.4. The highest BCUT2D eigenvalue weighted by atomic mass is 32.2. The van der Waals surface area contributed by atoms with Gasteiger partial charge in [-0.1, -0.05) is 12.1 Å². The molecule has 0 aliphatic carbocycles. The summed E-state index contributed by atoms with van der Waals surface area (Å²) in [6.45, 7) is 2.75. The molecular formula is C23H23F3N2O3S3. The van der Waals surface area contributed by atoms with Crippen LogP contribution in [0.1, 0.15) is 18.9 Å². The van der Waals surface area contributed by atoms with Crippen molar-refractivity contribution in [2.75, 3.05) is 24.1 Å². The van der Waals surface area contributed by atoms with E-state index in [9.17, 15) is 21.6 Å². The molecule has 1 saturated heterocycles. The molecule has 1 fully saturated rings. The lowest BCUT2D eigenvalue weighted by molar-refractivity contribution is -0.139. The Morgan fingerprint density at radius 2 is 1.85 bits per heavy atom. The van der Waals surface area contributed by atoms with E-state index in [-0.39, 0.29) is 9.90 Å². The number of halogens is 3. The number of anilines is 1. The number of sulfonamides is 1. The van der Waals surface area contributed by atoms with Gasteiger partial charge in [0.2, 0.25) is 0 Å². The molecule has 11 heteroatoms. The van der Waals surface area contributed by atoms with Crippen molar-refractivity contribution in [2.45, 2.75) is 34.2 Å². The fourth-order valence-corrected chi connectivity index (χ4v) is 6.40. The predicted molar refractivity (Wildman–Crippen MR) is 130 cm³/mol. The van der Waals surface area contributed by atoms with Crippen LogP contribution in [-0.2, 0) is 16.2 Å². The largest absolute Gasteiger partial charge is 0.485 e. The average Bonchev–Trinajstić information content (AvgIpc) is 3.43. The Hall–Kier alpha value is -2.21. The van der Waals surface area contributed by atoms with Crippen molar-refractivity contribution in [1.82, 2.24) is 5.32 Å². The number of benzene rings is 2. The summed E-state index contributed by atoms with van der Waals surface area (Å²) >= 11 is 2.70. The summed E-state index contributed by atoms with van der Waals surface area (Å²) in [7, 11) is -4.01. The van der Waals surface area contributed by atoms with Crippen LogP contribution in [0.4, 0.5) is 18.9 Å². The Bertz CT molecular complexity index is 1270. The molecule has 0 radical (unpaired) electrons. The fraction of sp³-hybridized carbons (Fsp3) is 0.304. The van der Waals surface area contributed by atoms with Crippen molar-refractivity contribution in [2.24, 2.45) is 0 Å². The number of thiophene rings is 1. The standard InChI is InChI=1S/C23H23F3N2O3S3/c1-22(11-12-27-14-22)31-19-13-16(5-8-18(19)23(24,25)26)28-34(29,30)21-10-9-20(33-21)15-3-6-17(32-2)7-4-15/h3-10,13,27-28H,11-12,14H2,1-2H3/t22-/m1/s1. The molecule has 0 unspecified atom stereocenters. The van der Waals surface area contributed by atoms with E-state index in [0.717, 1.165) is 44.9 Å². The molecule has 0 amide bonds. The number of hydrogen-bond donors (Lipinski definition) is 2. The summed E-state index contributed by atoms with van der Waals surface area (Å²) < 4.78 is 74.8. The van der Waals surface area contributed by atoms with Gasteiger partial charge < -0.3 is 10.1 Å². The molecular weight excluding hydrogens is 505 g/mol. The van der Waals surface area contributed by atoms with Crippen LogP contribution in [0.5, 0.6) is 5.75 Å². The van der Waals surface area contributed by atoms with Gasteiger partial charge in [0.1, 0.15) is 15.6 Å². The molecule has 1 aliphatic heterocycles. The smallest absolute Gasteiger partial charge is 0.419 e. The third-order valence-electron chi connectivity index (χ3n) is 5.45. The van der Waals surface area contributed by atoms with Gasteiger partial charge in [-0.3, -0.25) is 4.72 Å². The van der Waals surface area contributed by atoms with Gasteiger partial charge in [0, 0.05) is 28.8 Å². The summed E-state index contributed by atoms with van der Waals surface area (Å²) in [6, 6.07) is 14.0. The molecule has 5 nitrogen and oxygen atoms in total. The van der Waals surface area contributed by atoms with Crippen LogP contribution < -0.4 is 14.8 Å². The minimum absolute atomic E-state index is 0.00294. The first kappa shape index (κ1) is 24.9. The van der Waals surface area contributed by atoms with E-state index in [1.165, 1.54) is 6.07 Å². The van der Waals surface area contributed by atoms with Crippen LogP contribution in [0.25, 0.3) is 10.4 Å². The van der Waals surface area contributed by atoms with Crippen molar-refractivity contribution in [3.63, 3.8) is 0 Å². The Morgan fingerprint density at radius 3 is 2.47 bits per heavy atom. The second kappa shape index (κ2) is 9.44. The van der Waals surface area contributed by atoms with Gasteiger partial charge in [-0.05, 0) is 61.7 Å². The quantitative estimate of drug-likeness (QED) is 0.364. The first-order valence-corrected chi connectivity index (χ1v) is 13.9. The lowest BCUT2D eigenvalue weighted by Gasteiger charge is -2.27. The van der Waals surface area contributed by atoms with Crippen LogP contribution >= 0.6 is 23.1 Å². The van der Waals surface area contributed by atoms with Crippen LogP contribution in [0, 0.1) is 0 Å². The van der Waals surface area contributed by atoms with E-state index in [1.54, 1.807) is 24.8 Å². The molecule has 182 valence electrons. The predicted octanol–water partition coefficient (Wildman–Crippen LogP) is 6.09. The summed E-state index contributed by atoms with van der Waals surface area (Å²) in [5.74, 6) is -0.403. The third-order valence-corrected chi connectivity index (χ3v) is 9.20. The summed E-state index contributed by atoms with van der Waals surface area (Å²) in [5.41, 5.74) is -0.883. The number of ether oxygens (including phenoxy) is 1. The summed E-state index contributed by atoms with van der Waals surface area (Å²) in [4.78, 5) is 1.86. The molecule has 0 saturated carbocycles. The molecule has 1 aromatic heterocycles. The molecule has 0 bridgehead atoms. The molecule has 2 aromatic carbocycles. The van der Waals surface area contributed by atoms with Crippen molar-refractivity contribution in [3.8, 4) is 16.2 Å². The second-order valence-corrected chi connectivity index (χ2v) is 12.0. The van der Waals surface area contributed by atoms with Crippen LogP contribution in [0.3, 0.4) is 0 Å². The molecule has 0 spiro atoms. The van der Waals surface area contributed by atoms with Gasteiger partial charge in [0.05, 0.1) is 11.3 Å². The highest BCUT2D eigenvalue weighted by Gasteiger charge is 2.38. The topological polar surface area (TPSA) is 67.4 Å². The van der Waals surface area contributed by atoms with Crippen molar-refractivity contribution in [3.05, 3.63) is 60.2 Å². The van der Waals surface area contributed by atoms with Gasteiger partial charge >= 0.3 is 6.18 Å². The Kier molecular flexibility index (Phi) is 6.92. The summed E-state index contributed by atoms with van der Waals surface area (Å²) in [5, 5.41) is 3.07. The van der Waals surface area contributed by atoms with Crippen molar-refractivity contribution in [1.29, 1.82) is 0 Å². The lowest BCUT2D eigenvalue weighted by Crippen LogP contribution is -2.35. The number of rotatable bonds is 7. The van der Waals surface area contributed by atoms with Crippen LogP contribution in [-0.4, -0.2) is 33.4 Å². The number of hydrogen-bond acceptors (Lipinski definition) is 6. The monoisotopic (exact) mass is 528 g/mol. The number of nitrogens with one attached hydrogen (secondary N) is 2. The molecule has 1 aliphatic rings. The molecule has 1 atom stereocenters. The maximum Gasteiger partial charge on any atom is 0.419 e. The summed E-state index contributed by atoms with van der Waals surface area (Å²) in [6.07, 6.45) is -2.13. The first-order chi connectivity index (χ1) is 16.0. The first-order valence-electron chi connectivity index (χ1n) is 10.4. The number of thioether (sulfide) groups is 1.